The van der Waals surface area contributed by atoms with Crippen LogP contribution in [-0.4, -0.2) is 0 Å². The van der Waals surface area contributed by atoms with Gasteiger partial charge in [0.25, 0.3) is 0 Å². The molecule has 0 radical (unpaired) electrons. The zero-order valence-electron chi connectivity index (χ0n) is 10.7. The normalized spacial score (nSPS) is 15.3. The Labute approximate surface area is 127 Å². The first kappa shape index (κ1) is 13.2. The fourth-order valence-corrected chi connectivity index (χ4v) is 3.54. The largest absolute Gasteiger partial charge is 0.117 e. The van der Waals surface area contributed by atoms with Crippen LogP contribution in [0.4, 0.5) is 0 Å². The number of hydrogen-bond donors (Lipinski definition) is 0. The van der Waals surface area contributed by atoms with Gasteiger partial charge < -0.3 is 0 Å². The number of fused-ring (bicyclic) bond motifs is 1. The van der Waals surface area contributed by atoms with Crippen LogP contribution in [0.3, 0.4) is 0 Å². The summed E-state index contributed by atoms with van der Waals surface area (Å²) in [6, 6.07) is 15.1. The van der Waals surface area contributed by atoms with Crippen LogP contribution in [-0.2, 0) is 19.3 Å². The second-order valence-corrected chi connectivity index (χ2v) is 6.63. The van der Waals surface area contributed by atoms with Crippen molar-refractivity contribution >= 4 is 27.5 Å². The van der Waals surface area contributed by atoms with Gasteiger partial charge in [0.05, 0.1) is 5.38 Å². The molecule has 0 aliphatic heterocycles. The molecule has 0 N–H and O–H groups in total. The van der Waals surface area contributed by atoms with Crippen molar-refractivity contribution in [2.24, 2.45) is 0 Å². The second-order valence-electron chi connectivity index (χ2n) is 5.18. The van der Waals surface area contributed by atoms with Gasteiger partial charge in [-0.05, 0) is 60.1 Å². The summed E-state index contributed by atoms with van der Waals surface area (Å²) >= 11 is 10.1. The highest BCUT2D eigenvalue weighted by molar-refractivity contribution is 9.10. The molecule has 0 bridgehead atoms. The van der Waals surface area contributed by atoms with Gasteiger partial charge in [-0.2, -0.15) is 0 Å². The second kappa shape index (κ2) is 5.68. The van der Waals surface area contributed by atoms with Gasteiger partial charge in [0.2, 0.25) is 0 Å². The minimum Gasteiger partial charge on any atom is -0.117 e. The zero-order chi connectivity index (χ0) is 13.2. The van der Waals surface area contributed by atoms with Crippen molar-refractivity contribution in [1.82, 2.24) is 0 Å². The van der Waals surface area contributed by atoms with Gasteiger partial charge in [0.1, 0.15) is 0 Å². The molecule has 0 spiro atoms. The summed E-state index contributed by atoms with van der Waals surface area (Å²) in [6.07, 6.45) is 4.61. The molecule has 1 aliphatic carbocycles. The molecule has 0 aromatic heterocycles. The lowest BCUT2D eigenvalue weighted by Crippen LogP contribution is -1.97. The first-order chi connectivity index (χ1) is 9.22. The molecule has 2 aromatic carbocycles. The van der Waals surface area contributed by atoms with Gasteiger partial charge in [-0.1, -0.05) is 46.3 Å². The SMILES string of the molecule is ClC(Cc1cccc(Br)c1)c1ccc2c(c1)CCC2. The van der Waals surface area contributed by atoms with E-state index in [1.165, 1.54) is 41.5 Å². The number of alkyl halides is 1. The molecule has 0 saturated heterocycles. The predicted molar refractivity (Wildman–Crippen MR) is 84.9 cm³/mol. The minimum absolute atomic E-state index is 0.0557. The smallest absolute Gasteiger partial charge is 0.0625 e. The van der Waals surface area contributed by atoms with Crippen molar-refractivity contribution in [1.29, 1.82) is 0 Å². The van der Waals surface area contributed by atoms with Gasteiger partial charge in [-0.15, -0.1) is 11.6 Å². The van der Waals surface area contributed by atoms with E-state index in [9.17, 15) is 0 Å². The average molecular weight is 336 g/mol. The number of halogens is 2. The summed E-state index contributed by atoms with van der Waals surface area (Å²) in [5.41, 5.74) is 5.53. The molecule has 0 amide bonds. The van der Waals surface area contributed by atoms with E-state index in [1.807, 2.05) is 6.07 Å². The molecule has 0 nitrogen and oxygen atoms in total. The molecule has 3 rings (SSSR count). The summed E-state index contributed by atoms with van der Waals surface area (Å²) in [4.78, 5) is 0. The molecule has 0 saturated carbocycles. The fraction of sp³-hybridized carbons (Fsp3) is 0.294. The van der Waals surface area contributed by atoms with Gasteiger partial charge in [-0.3, -0.25) is 0 Å². The highest BCUT2D eigenvalue weighted by Gasteiger charge is 2.15. The molecule has 0 heterocycles. The van der Waals surface area contributed by atoms with Gasteiger partial charge in [-0.25, -0.2) is 0 Å². The summed E-state index contributed by atoms with van der Waals surface area (Å²) in [5.74, 6) is 0. The van der Waals surface area contributed by atoms with Crippen molar-refractivity contribution in [2.45, 2.75) is 31.1 Å². The van der Waals surface area contributed by atoms with Crippen molar-refractivity contribution in [3.8, 4) is 0 Å². The molecular weight excluding hydrogens is 320 g/mol. The number of benzene rings is 2. The Morgan fingerprint density at radius 3 is 2.74 bits per heavy atom. The maximum absolute atomic E-state index is 6.58. The Hall–Kier alpha value is -0.790. The summed E-state index contributed by atoms with van der Waals surface area (Å²) < 4.78 is 1.11. The van der Waals surface area contributed by atoms with Crippen LogP contribution in [0.25, 0.3) is 0 Å². The van der Waals surface area contributed by atoms with Crippen LogP contribution in [0.5, 0.6) is 0 Å². The summed E-state index contributed by atoms with van der Waals surface area (Å²) in [7, 11) is 0. The standard InChI is InChI=1S/C17H16BrCl/c18-16-6-1-3-12(9-16)10-17(19)15-8-7-13-4-2-5-14(13)11-15/h1,3,6-9,11,17H,2,4-5,10H2. The number of rotatable bonds is 3. The van der Waals surface area contributed by atoms with Crippen LogP contribution in [0.15, 0.2) is 46.9 Å². The van der Waals surface area contributed by atoms with Crippen molar-refractivity contribution in [3.63, 3.8) is 0 Å². The molecule has 19 heavy (non-hydrogen) atoms. The zero-order valence-corrected chi connectivity index (χ0v) is 13.0. The quantitative estimate of drug-likeness (QED) is 0.653. The molecule has 1 atom stereocenters. The minimum atomic E-state index is 0.0557. The van der Waals surface area contributed by atoms with Crippen LogP contribution < -0.4 is 0 Å². The topological polar surface area (TPSA) is 0 Å². The van der Waals surface area contributed by atoms with E-state index in [0.717, 1.165) is 10.9 Å². The monoisotopic (exact) mass is 334 g/mol. The number of aryl methyl sites for hydroxylation is 2. The van der Waals surface area contributed by atoms with E-state index in [-0.39, 0.29) is 5.38 Å². The van der Waals surface area contributed by atoms with Crippen LogP contribution in [0, 0.1) is 0 Å². The first-order valence-electron chi connectivity index (χ1n) is 6.72. The third-order valence-corrected chi connectivity index (χ3v) is 4.69. The molecule has 2 aromatic rings. The lowest BCUT2D eigenvalue weighted by Gasteiger charge is -2.12. The van der Waals surface area contributed by atoms with Crippen LogP contribution >= 0.6 is 27.5 Å². The van der Waals surface area contributed by atoms with E-state index in [2.05, 4.69) is 52.3 Å². The molecule has 2 heteroatoms. The van der Waals surface area contributed by atoms with Crippen molar-refractivity contribution in [2.75, 3.05) is 0 Å². The lowest BCUT2D eigenvalue weighted by atomic mass is 10.00. The van der Waals surface area contributed by atoms with Gasteiger partial charge >= 0.3 is 0 Å². The summed E-state index contributed by atoms with van der Waals surface area (Å²) in [5, 5.41) is 0.0557. The summed E-state index contributed by atoms with van der Waals surface area (Å²) in [6.45, 7) is 0. The van der Waals surface area contributed by atoms with Crippen LogP contribution in [0.2, 0.25) is 0 Å². The number of hydrogen-bond acceptors (Lipinski definition) is 0. The highest BCUT2D eigenvalue weighted by atomic mass is 79.9. The third-order valence-electron chi connectivity index (χ3n) is 3.79. The molecule has 1 aliphatic rings. The van der Waals surface area contributed by atoms with E-state index in [4.69, 9.17) is 11.6 Å². The Balaban J connectivity index is 1.78. The maximum Gasteiger partial charge on any atom is 0.0625 e. The molecule has 0 fully saturated rings. The van der Waals surface area contributed by atoms with Crippen molar-refractivity contribution < 1.29 is 0 Å². The third kappa shape index (κ3) is 3.04. The van der Waals surface area contributed by atoms with Gasteiger partial charge in [0, 0.05) is 4.47 Å². The lowest BCUT2D eigenvalue weighted by molar-refractivity contribution is 0.905. The Bertz CT molecular complexity index is 592. The Kier molecular flexibility index (Phi) is 3.95. The van der Waals surface area contributed by atoms with E-state index in [0.29, 0.717) is 0 Å². The van der Waals surface area contributed by atoms with E-state index >= 15 is 0 Å². The molecule has 1 unspecified atom stereocenters. The fourth-order valence-electron chi connectivity index (χ4n) is 2.78. The molecule has 98 valence electrons. The Morgan fingerprint density at radius 2 is 1.89 bits per heavy atom. The first-order valence-corrected chi connectivity index (χ1v) is 7.95. The van der Waals surface area contributed by atoms with Crippen LogP contribution in [0.1, 0.15) is 34.1 Å². The highest BCUT2D eigenvalue weighted by Crippen LogP contribution is 2.30. The van der Waals surface area contributed by atoms with Gasteiger partial charge in [0.15, 0.2) is 0 Å². The van der Waals surface area contributed by atoms with E-state index < -0.39 is 0 Å². The predicted octanol–water partition coefficient (Wildman–Crippen LogP) is 5.46. The average Bonchev–Trinajstić information content (AvgIpc) is 2.85. The van der Waals surface area contributed by atoms with Crippen molar-refractivity contribution in [3.05, 3.63) is 69.2 Å². The molecular formula is C17H16BrCl. The Morgan fingerprint density at radius 1 is 1.05 bits per heavy atom. The van der Waals surface area contributed by atoms with E-state index in [1.54, 1.807) is 0 Å². The maximum atomic E-state index is 6.58.